The van der Waals surface area contributed by atoms with E-state index >= 15 is 0 Å². The highest BCUT2D eigenvalue weighted by molar-refractivity contribution is 5.95. The molecule has 0 unspecified atom stereocenters. The molecule has 1 aromatic heterocycles. The van der Waals surface area contributed by atoms with E-state index in [2.05, 4.69) is 15.6 Å². The number of para-hydroxylation sites is 1. The summed E-state index contributed by atoms with van der Waals surface area (Å²) in [7, 11) is 0. The van der Waals surface area contributed by atoms with E-state index in [4.69, 9.17) is 11.5 Å². The van der Waals surface area contributed by atoms with Gasteiger partial charge in [-0.15, -0.1) is 0 Å². The molecular formula is C34H38N6O5. The number of benzene rings is 3. The summed E-state index contributed by atoms with van der Waals surface area (Å²) in [4.78, 5) is 57.9. The summed E-state index contributed by atoms with van der Waals surface area (Å²) in [6, 6.07) is 19.5. The number of nitrogens with two attached hydrogens (primary N) is 2. The molecule has 4 atom stereocenters. The molecule has 1 aliphatic heterocycles. The summed E-state index contributed by atoms with van der Waals surface area (Å²) in [5.41, 5.74) is 15.2. The number of nitrogens with one attached hydrogen (secondary N) is 3. The lowest BCUT2D eigenvalue weighted by Gasteiger charge is -2.29. The fourth-order valence-corrected chi connectivity index (χ4v) is 5.83. The summed E-state index contributed by atoms with van der Waals surface area (Å²) in [6.07, 6.45) is 3.39. The number of hydrogen-bond donors (Lipinski definition) is 6. The zero-order chi connectivity index (χ0) is 31.9. The van der Waals surface area contributed by atoms with Gasteiger partial charge in [-0.1, -0.05) is 60.7 Å². The van der Waals surface area contributed by atoms with Crippen molar-refractivity contribution in [2.45, 2.75) is 56.3 Å². The molecular weight excluding hydrogens is 572 g/mol. The van der Waals surface area contributed by atoms with Crippen molar-refractivity contribution in [3.05, 3.63) is 102 Å². The Morgan fingerprint density at radius 2 is 1.56 bits per heavy atom. The second-order valence-electron chi connectivity index (χ2n) is 11.4. The Labute approximate surface area is 261 Å². The molecule has 3 aromatic carbocycles. The number of aromatic amines is 1. The number of carbonyl (C=O) groups excluding carboxylic acids is 4. The molecule has 8 N–H and O–H groups in total. The maximum absolute atomic E-state index is 13.7. The number of likely N-dealkylation sites (tertiary alicyclic amines) is 1. The van der Waals surface area contributed by atoms with Crippen LogP contribution in [0.1, 0.15) is 29.5 Å². The summed E-state index contributed by atoms with van der Waals surface area (Å²) < 4.78 is 0. The van der Waals surface area contributed by atoms with Crippen LogP contribution in [0.4, 0.5) is 0 Å². The van der Waals surface area contributed by atoms with E-state index in [1.54, 1.807) is 18.3 Å². The van der Waals surface area contributed by atoms with Gasteiger partial charge in [0, 0.05) is 36.5 Å². The molecule has 0 spiro atoms. The molecule has 4 aromatic rings. The minimum Gasteiger partial charge on any atom is -0.508 e. The number of aromatic hydroxyl groups is 1. The van der Waals surface area contributed by atoms with Crippen molar-refractivity contribution in [1.29, 1.82) is 0 Å². The Hall–Kier alpha value is -5.16. The molecule has 1 saturated heterocycles. The lowest BCUT2D eigenvalue weighted by atomic mass is 10.0. The second-order valence-corrected chi connectivity index (χ2v) is 11.4. The molecule has 45 heavy (non-hydrogen) atoms. The van der Waals surface area contributed by atoms with E-state index in [0.29, 0.717) is 19.4 Å². The second kappa shape index (κ2) is 14.1. The summed E-state index contributed by atoms with van der Waals surface area (Å²) in [5.74, 6) is -1.98. The zero-order valence-electron chi connectivity index (χ0n) is 24.8. The van der Waals surface area contributed by atoms with E-state index in [1.807, 2.05) is 54.6 Å². The minimum atomic E-state index is -1.06. The van der Waals surface area contributed by atoms with Crippen molar-refractivity contribution in [2.24, 2.45) is 11.5 Å². The van der Waals surface area contributed by atoms with Crippen LogP contribution in [0, 0.1) is 0 Å². The van der Waals surface area contributed by atoms with Crippen LogP contribution >= 0.6 is 0 Å². The largest absolute Gasteiger partial charge is 0.508 e. The van der Waals surface area contributed by atoms with Crippen LogP contribution in [0.25, 0.3) is 10.9 Å². The van der Waals surface area contributed by atoms with Gasteiger partial charge in [0.05, 0.1) is 6.04 Å². The Kier molecular flexibility index (Phi) is 9.79. The van der Waals surface area contributed by atoms with Crippen molar-refractivity contribution in [1.82, 2.24) is 20.5 Å². The summed E-state index contributed by atoms with van der Waals surface area (Å²) in [6.45, 7) is 0.361. The lowest BCUT2D eigenvalue weighted by Crippen LogP contribution is -2.58. The van der Waals surface area contributed by atoms with Gasteiger partial charge in [-0.2, -0.15) is 0 Å². The zero-order valence-corrected chi connectivity index (χ0v) is 24.8. The van der Waals surface area contributed by atoms with Gasteiger partial charge in [0.25, 0.3) is 0 Å². The fourth-order valence-electron chi connectivity index (χ4n) is 5.83. The fraction of sp³-hybridized carbons (Fsp3) is 0.294. The number of aromatic nitrogens is 1. The van der Waals surface area contributed by atoms with Crippen molar-refractivity contribution >= 4 is 34.5 Å². The number of carbonyl (C=O) groups is 4. The van der Waals surface area contributed by atoms with E-state index < -0.39 is 41.9 Å². The van der Waals surface area contributed by atoms with Gasteiger partial charge < -0.3 is 37.1 Å². The third-order valence-electron chi connectivity index (χ3n) is 8.22. The normalized spacial score (nSPS) is 16.6. The van der Waals surface area contributed by atoms with Gasteiger partial charge in [0.2, 0.25) is 23.6 Å². The minimum absolute atomic E-state index is 0.114. The van der Waals surface area contributed by atoms with Crippen LogP contribution < -0.4 is 22.1 Å². The predicted octanol–water partition coefficient (Wildman–Crippen LogP) is 1.67. The van der Waals surface area contributed by atoms with Gasteiger partial charge in [-0.3, -0.25) is 19.2 Å². The maximum Gasteiger partial charge on any atom is 0.243 e. The molecule has 0 radical (unpaired) electrons. The first-order valence-electron chi connectivity index (χ1n) is 15.0. The van der Waals surface area contributed by atoms with Crippen LogP contribution in [0.15, 0.2) is 85.1 Å². The number of primary amides is 1. The van der Waals surface area contributed by atoms with Gasteiger partial charge in [-0.05, 0) is 54.2 Å². The highest BCUT2D eigenvalue weighted by Gasteiger charge is 2.38. The van der Waals surface area contributed by atoms with Crippen LogP contribution in [-0.2, 0) is 38.4 Å². The molecule has 1 aliphatic rings. The molecule has 11 nitrogen and oxygen atoms in total. The average molecular weight is 611 g/mol. The molecule has 234 valence electrons. The number of phenols is 1. The van der Waals surface area contributed by atoms with Crippen LogP contribution in [0.3, 0.4) is 0 Å². The lowest BCUT2D eigenvalue weighted by molar-refractivity contribution is -0.140. The Bertz CT molecular complexity index is 1650. The Morgan fingerprint density at radius 3 is 2.29 bits per heavy atom. The smallest absolute Gasteiger partial charge is 0.243 e. The molecule has 5 rings (SSSR count). The average Bonchev–Trinajstić information content (AvgIpc) is 3.69. The molecule has 0 bridgehead atoms. The molecule has 1 fully saturated rings. The Balaban J connectivity index is 1.33. The third-order valence-corrected chi connectivity index (χ3v) is 8.22. The standard InChI is InChI=1S/C34H38N6O5/c35-26(17-22-12-14-24(41)15-13-22)34(45)40-16-6-11-30(40)33(44)39-29(19-23-20-37-27-10-5-4-9-25(23)27)32(43)38-28(31(36)42)18-21-7-2-1-3-8-21/h1-5,7-10,12-15,20,26,28-30,37,41H,6,11,16-19,35H2,(H2,36,42)(H,38,43)(H,39,44)/t26-,28-,29+,30-/m0/s1. The predicted molar refractivity (Wildman–Crippen MR) is 170 cm³/mol. The highest BCUT2D eigenvalue weighted by Crippen LogP contribution is 2.22. The van der Waals surface area contributed by atoms with Crippen molar-refractivity contribution in [3.63, 3.8) is 0 Å². The van der Waals surface area contributed by atoms with Crippen molar-refractivity contribution in [3.8, 4) is 5.75 Å². The van der Waals surface area contributed by atoms with Crippen molar-refractivity contribution in [2.75, 3.05) is 6.54 Å². The number of phenolic OH excluding ortho intramolecular Hbond substituents is 1. The van der Waals surface area contributed by atoms with E-state index in [-0.39, 0.29) is 30.9 Å². The van der Waals surface area contributed by atoms with Crippen molar-refractivity contribution < 1.29 is 24.3 Å². The quantitative estimate of drug-likeness (QED) is 0.142. The van der Waals surface area contributed by atoms with E-state index in [0.717, 1.165) is 27.6 Å². The third kappa shape index (κ3) is 7.68. The van der Waals surface area contributed by atoms with Crippen LogP contribution in [-0.4, -0.2) is 69.3 Å². The Morgan fingerprint density at radius 1 is 0.867 bits per heavy atom. The number of hydrogen-bond acceptors (Lipinski definition) is 6. The number of amides is 4. The highest BCUT2D eigenvalue weighted by atomic mass is 16.3. The number of H-pyrrole nitrogens is 1. The first-order valence-corrected chi connectivity index (χ1v) is 15.0. The monoisotopic (exact) mass is 610 g/mol. The summed E-state index contributed by atoms with van der Waals surface area (Å²) >= 11 is 0. The van der Waals surface area contributed by atoms with Crippen LogP contribution in [0.5, 0.6) is 5.75 Å². The topological polar surface area (TPSA) is 184 Å². The van der Waals surface area contributed by atoms with Gasteiger partial charge in [-0.25, -0.2) is 0 Å². The van der Waals surface area contributed by atoms with E-state index in [1.165, 1.54) is 17.0 Å². The molecule has 11 heteroatoms. The number of fused-ring (bicyclic) bond motifs is 1. The SMILES string of the molecule is NC(=O)[C@H](Cc1ccccc1)NC(=O)[C@@H](Cc1c[nH]c2ccccc12)NC(=O)[C@@H]1CCCN1C(=O)[C@@H](N)Cc1ccc(O)cc1. The number of nitrogens with zero attached hydrogens (tertiary/aromatic N) is 1. The van der Waals surface area contributed by atoms with Gasteiger partial charge in [0.15, 0.2) is 0 Å². The first kappa shape index (κ1) is 31.3. The summed E-state index contributed by atoms with van der Waals surface area (Å²) in [5, 5.41) is 16.1. The maximum atomic E-state index is 13.7. The van der Waals surface area contributed by atoms with Gasteiger partial charge >= 0.3 is 0 Å². The van der Waals surface area contributed by atoms with Gasteiger partial charge in [0.1, 0.15) is 23.9 Å². The molecule has 0 saturated carbocycles. The van der Waals surface area contributed by atoms with E-state index in [9.17, 15) is 24.3 Å². The molecule has 2 heterocycles. The van der Waals surface area contributed by atoms with Crippen LogP contribution in [0.2, 0.25) is 0 Å². The number of rotatable bonds is 12. The first-order chi connectivity index (χ1) is 21.7. The molecule has 4 amide bonds. The molecule has 0 aliphatic carbocycles.